The van der Waals surface area contributed by atoms with Crippen LogP contribution in [0.2, 0.25) is 0 Å². The molecule has 0 saturated heterocycles. The van der Waals surface area contributed by atoms with E-state index in [1.807, 2.05) is 66.7 Å². The van der Waals surface area contributed by atoms with Gasteiger partial charge in [-0.3, -0.25) is 4.90 Å². The molecule has 0 radical (unpaired) electrons. The zero-order chi connectivity index (χ0) is 23.4. The molecule has 0 fully saturated rings. The number of hydrogen-bond acceptors (Lipinski definition) is 5. The first kappa shape index (κ1) is 19.6. The average Bonchev–Trinajstić information content (AvgIpc) is 2.93. The maximum atomic E-state index is 9.75. The monoisotopic (exact) mass is 448 g/mol. The molecule has 7 rings (SSSR count). The fourth-order valence-electron chi connectivity index (χ4n) is 5.18. The number of ether oxygens (including phenoxy) is 1. The second-order valence-electron chi connectivity index (χ2n) is 8.57. The highest BCUT2D eigenvalue weighted by molar-refractivity contribution is 6.99. The van der Waals surface area contributed by atoms with Gasteiger partial charge < -0.3 is 4.74 Å². The van der Waals surface area contributed by atoms with Crippen LogP contribution >= 0.6 is 0 Å². The molecule has 1 aromatic heterocycles. The van der Waals surface area contributed by atoms with Crippen LogP contribution in [0.4, 0.5) is 17.2 Å². The van der Waals surface area contributed by atoms with E-state index in [2.05, 4.69) is 57.3 Å². The lowest BCUT2D eigenvalue weighted by molar-refractivity contribution is 0.487. The average molecular weight is 448 g/mol. The number of nitriles is 1. The lowest BCUT2D eigenvalue weighted by Crippen LogP contribution is -2.59. The number of nitrogens with zero attached hydrogens (tertiary/aromatic N) is 4. The molecular weight excluding hydrogens is 431 g/mol. The second kappa shape index (κ2) is 7.58. The topological polar surface area (TPSA) is 62.0 Å². The highest BCUT2D eigenvalue weighted by Crippen LogP contribution is 2.40. The van der Waals surface area contributed by atoms with Crippen molar-refractivity contribution < 1.29 is 4.74 Å². The van der Waals surface area contributed by atoms with Crippen molar-refractivity contribution in [2.24, 2.45) is 0 Å². The van der Waals surface area contributed by atoms with Gasteiger partial charge >= 0.3 is 0 Å². The highest BCUT2D eigenvalue weighted by Gasteiger charge is 2.41. The van der Waals surface area contributed by atoms with E-state index in [1.54, 1.807) is 0 Å². The van der Waals surface area contributed by atoms with Gasteiger partial charge in [-0.2, -0.15) is 5.26 Å². The van der Waals surface area contributed by atoms with E-state index in [-0.39, 0.29) is 12.5 Å². The maximum Gasteiger partial charge on any atom is 0.256 e. The van der Waals surface area contributed by atoms with E-state index in [1.165, 1.54) is 5.46 Å². The van der Waals surface area contributed by atoms with Crippen LogP contribution in [0.1, 0.15) is 5.82 Å². The van der Waals surface area contributed by atoms with E-state index in [4.69, 9.17) is 4.74 Å². The van der Waals surface area contributed by atoms with Crippen molar-refractivity contribution in [1.29, 1.82) is 5.26 Å². The second-order valence-corrected chi connectivity index (χ2v) is 8.57. The summed E-state index contributed by atoms with van der Waals surface area (Å²) in [7, 11) is 0. The van der Waals surface area contributed by atoms with Gasteiger partial charge in [-0.05, 0) is 40.7 Å². The minimum absolute atomic E-state index is 0.0458. The highest BCUT2D eigenvalue weighted by atomic mass is 16.5. The Balaban J connectivity index is 1.51. The summed E-state index contributed by atoms with van der Waals surface area (Å²) in [6.07, 6.45) is 0. The van der Waals surface area contributed by atoms with Gasteiger partial charge in [0.1, 0.15) is 23.4 Å². The summed E-state index contributed by atoms with van der Waals surface area (Å²) >= 11 is 0. The Hall–Kier alpha value is -4.89. The minimum Gasteiger partial charge on any atom is -0.458 e. The van der Waals surface area contributed by atoms with Gasteiger partial charge in [-0.25, -0.2) is 9.97 Å². The fourth-order valence-corrected chi connectivity index (χ4v) is 5.18. The van der Waals surface area contributed by atoms with Crippen molar-refractivity contribution in [2.75, 3.05) is 4.90 Å². The Morgan fingerprint density at radius 1 is 0.714 bits per heavy atom. The predicted molar refractivity (Wildman–Crippen MR) is 138 cm³/mol. The lowest BCUT2D eigenvalue weighted by atomic mass is 9.34. The first-order chi connectivity index (χ1) is 17.3. The first-order valence-electron chi connectivity index (χ1n) is 11.4. The zero-order valence-electron chi connectivity index (χ0n) is 18.6. The summed E-state index contributed by atoms with van der Waals surface area (Å²) in [6, 6.07) is 36.7. The van der Waals surface area contributed by atoms with Gasteiger partial charge in [0.05, 0.1) is 5.69 Å². The Labute approximate surface area is 203 Å². The molecule has 3 heterocycles. The molecular formula is C29H17BN4O. The SMILES string of the molecule is N#Cc1nc(-c2ccccc2)cc(N2c3ccccc3B3c4ccccc4Oc4cccc2c43)n1. The van der Waals surface area contributed by atoms with Gasteiger partial charge in [-0.1, -0.05) is 72.8 Å². The Bertz CT molecular complexity index is 1660. The molecule has 2 aliphatic rings. The molecule has 0 amide bonds. The van der Waals surface area contributed by atoms with Crippen LogP contribution in [0.25, 0.3) is 11.3 Å². The molecule has 2 aliphatic heterocycles. The van der Waals surface area contributed by atoms with Crippen molar-refractivity contribution in [1.82, 2.24) is 9.97 Å². The summed E-state index contributed by atoms with van der Waals surface area (Å²) in [5.41, 5.74) is 7.07. The molecule has 4 aromatic carbocycles. The summed E-state index contributed by atoms with van der Waals surface area (Å²) in [6.45, 7) is 0.0458. The van der Waals surface area contributed by atoms with Gasteiger partial charge in [0.2, 0.25) is 5.82 Å². The molecule has 0 N–H and O–H groups in total. The summed E-state index contributed by atoms with van der Waals surface area (Å²) < 4.78 is 6.35. The maximum absolute atomic E-state index is 9.75. The van der Waals surface area contributed by atoms with Crippen LogP contribution in [-0.4, -0.2) is 16.7 Å². The quantitative estimate of drug-likeness (QED) is 0.367. The van der Waals surface area contributed by atoms with Crippen molar-refractivity contribution in [2.45, 2.75) is 0 Å². The molecule has 0 unspecified atom stereocenters. The first-order valence-corrected chi connectivity index (χ1v) is 11.4. The lowest BCUT2D eigenvalue weighted by Gasteiger charge is -2.39. The zero-order valence-corrected chi connectivity index (χ0v) is 18.6. The Kier molecular flexibility index (Phi) is 4.24. The summed E-state index contributed by atoms with van der Waals surface area (Å²) in [5, 5.41) is 9.75. The molecule has 5 nitrogen and oxygen atoms in total. The Morgan fingerprint density at radius 2 is 1.43 bits per heavy atom. The predicted octanol–water partition coefficient (Wildman–Crippen LogP) is 4.42. The van der Waals surface area contributed by atoms with E-state index in [0.29, 0.717) is 11.5 Å². The minimum atomic E-state index is 0.0458. The van der Waals surface area contributed by atoms with Crippen LogP contribution in [0.3, 0.4) is 0 Å². The van der Waals surface area contributed by atoms with Crippen LogP contribution in [0.15, 0.2) is 103 Å². The standard InChI is InChI=1S/C29H17BN4O/c31-18-27-32-22(19-9-2-1-3-10-19)17-28(33-27)34-23-13-6-4-11-20(23)30-21-12-5-7-15-25(21)35-26-16-8-14-24(34)29(26)30/h1-17H. The number of aromatic nitrogens is 2. The van der Waals surface area contributed by atoms with E-state index in [0.717, 1.165) is 39.4 Å². The molecule has 35 heavy (non-hydrogen) atoms. The van der Waals surface area contributed by atoms with Crippen molar-refractivity contribution in [3.05, 3.63) is 109 Å². The van der Waals surface area contributed by atoms with Gasteiger partial charge in [-0.15, -0.1) is 0 Å². The smallest absolute Gasteiger partial charge is 0.256 e. The number of anilines is 3. The van der Waals surface area contributed by atoms with Crippen molar-refractivity contribution >= 4 is 40.3 Å². The van der Waals surface area contributed by atoms with Gasteiger partial charge in [0, 0.05) is 23.0 Å². The number of rotatable bonds is 2. The van der Waals surface area contributed by atoms with E-state index < -0.39 is 0 Å². The van der Waals surface area contributed by atoms with Crippen LogP contribution in [-0.2, 0) is 0 Å². The van der Waals surface area contributed by atoms with Gasteiger partial charge in [0.25, 0.3) is 6.71 Å². The van der Waals surface area contributed by atoms with Crippen LogP contribution < -0.4 is 26.0 Å². The number of hydrogen-bond donors (Lipinski definition) is 0. The third kappa shape index (κ3) is 2.95. The summed E-state index contributed by atoms with van der Waals surface area (Å²) in [5.74, 6) is 2.50. The largest absolute Gasteiger partial charge is 0.458 e. The third-order valence-electron chi connectivity index (χ3n) is 6.62. The van der Waals surface area contributed by atoms with E-state index in [9.17, 15) is 5.26 Å². The molecule has 0 spiro atoms. The third-order valence-corrected chi connectivity index (χ3v) is 6.62. The van der Waals surface area contributed by atoms with E-state index >= 15 is 0 Å². The molecule has 0 bridgehead atoms. The number of para-hydroxylation sites is 2. The summed E-state index contributed by atoms with van der Waals surface area (Å²) in [4.78, 5) is 11.3. The fraction of sp³-hybridized carbons (Fsp3) is 0. The molecule has 0 saturated carbocycles. The van der Waals surface area contributed by atoms with Crippen molar-refractivity contribution in [3.63, 3.8) is 0 Å². The normalized spacial score (nSPS) is 12.7. The molecule has 0 atom stereocenters. The molecule has 5 aromatic rings. The molecule has 162 valence electrons. The molecule has 6 heteroatoms. The van der Waals surface area contributed by atoms with Crippen LogP contribution in [0.5, 0.6) is 11.5 Å². The number of fused-ring (bicyclic) bond motifs is 4. The number of benzene rings is 4. The molecule has 0 aliphatic carbocycles. The van der Waals surface area contributed by atoms with Gasteiger partial charge in [0.15, 0.2) is 0 Å². The van der Waals surface area contributed by atoms with Crippen LogP contribution in [0, 0.1) is 11.3 Å². The Morgan fingerprint density at radius 3 is 2.29 bits per heavy atom. The van der Waals surface area contributed by atoms with Crippen molar-refractivity contribution in [3.8, 4) is 28.8 Å².